The summed E-state index contributed by atoms with van der Waals surface area (Å²) in [4.78, 5) is 27.8. The van der Waals surface area contributed by atoms with Gasteiger partial charge in [0.2, 0.25) is 11.6 Å². The van der Waals surface area contributed by atoms with Crippen LogP contribution < -0.4 is 10.9 Å². The Hall–Kier alpha value is -2.22. The van der Waals surface area contributed by atoms with Gasteiger partial charge in [-0.15, -0.1) is 10.2 Å². The molecule has 1 fully saturated rings. The minimum Gasteiger partial charge on any atom is -0.352 e. The molecule has 8 heteroatoms. The largest absolute Gasteiger partial charge is 0.352 e. The van der Waals surface area contributed by atoms with Crippen molar-refractivity contribution in [3.63, 3.8) is 0 Å². The van der Waals surface area contributed by atoms with E-state index in [1.165, 1.54) is 0 Å². The maximum atomic E-state index is 11.6. The third kappa shape index (κ3) is 2.80. The number of nitrogens with one attached hydrogen (secondary N) is 2. The van der Waals surface area contributed by atoms with E-state index in [-0.39, 0.29) is 17.5 Å². The van der Waals surface area contributed by atoms with Crippen LogP contribution in [0.25, 0.3) is 5.65 Å². The molecule has 8 nitrogen and oxygen atoms in total. The molecule has 0 aromatic carbocycles. The average Bonchev–Trinajstić information content (AvgIpc) is 3.08. The number of fused-ring (bicyclic) bond motifs is 1. The van der Waals surface area contributed by atoms with Crippen LogP contribution in [0.4, 0.5) is 0 Å². The summed E-state index contributed by atoms with van der Waals surface area (Å²) in [6, 6.07) is 0.194. The van der Waals surface area contributed by atoms with E-state index in [1.54, 1.807) is 16.8 Å². The van der Waals surface area contributed by atoms with Gasteiger partial charge in [-0.2, -0.15) is 0 Å². The molecular weight excluding hydrogens is 272 g/mol. The van der Waals surface area contributed by atoms with Crippen molar-refractivity contribution in [2.45, 2.75) is 32.4 Å². The second-order valence-corrected chi connectivity index (χ2v) is 5.24. The number of likely N-dealkylation sites (tertiary alicyclic amines) is 1. The first kappa shape index (κ1) is 13.7. The Balaban J connectivity index is 1.68. The van der Waals surface area contributed by atoms with Gasteiger partial charge in [-0.05, 0) is 6.42 Å². The van der Waals surface area contributed by atoms with E-state index >= 15 is 0 Å². The number of hydrogen-bond donors (Lipinski definition) is 2. The molecule has 112 valence electrons. The first-order chi connectivity index (χ1) is 10.2. The molecule has 2 aromatic rings. The van der Waals surface area contributed by atoms with Gasteiger partial charge in [-0.25, -0.2) is 0 Å². The second-order valence-electron chi connectivity index (χ2n) is 5.24. The van der Waals surface area contributed by atoms with Gasteiger partial charge in [0.15, 0.2) is 5.82 Å². The summed E-state index contributed by atoms with van der Waals surface area (Å²) >= 11 is 0. The van der Waals surface area contributed by atoms with E-state index in [9.17, 15) is 9.59 Å². The summed E-state index contributed by atoms with van der Waals surface area (Å²) in [7, 11) is 0. The zero-order valence-corrected chi connectivity index (χ0v) is 11.9. The summed E-state index contributed by atoms with van der Waals surface area (Å²) in [5, 5.41) is 11.0. The normalized spacial score (nSPS) is 19.2. The van der Waals surface area contributed by atoms with Crippen molar-refractivity contribution < 1.29 is 4.79 Å². The number of rotatable bonds is 4. The fourth-order valence-electron chi connectivity index (χ4n) is 2.62. The number of carbonyl (C=O) groups is 1. The van der Waals surface area contributed by atoms with Crippen LogP contribution in [0.5, 0.6) is 0 Å². The fraction of sp³-hybridized carbons (Fsp3) is 0.538. The Labute approximate surface area is 121 Å². The first-order valence-electron chi connectivity index (χ1n) is 7.10. The van der Waals surface area contributed by atoms with E-state index in [0.717, 1.165) is 25.3 Å². The second kappa shape index (κ2) is 5.65. The minimum atomic E-state index is -0.245. The summed E-state index contributed by atoms with van der Waals surface area (Å²) in [6.07, 6.45) is 4.77. The first-order valence-corrected chi connectivity index (χ1v) is 7.10. The van der Waals surface area contributed by atoms with Crippen LogP contribution >= 0.6 is 0 Å². The monoisotopic (exact) mass is 290 g/mol. The molecule has 21 heavy (non-hydrogen) atoms. The Morgan fingerprint density at radius 1 is 1.52 bits per heavy atom. The van der Waals surface area contributed by atoms with Crippen molar-refractivity contribution in [2.75, 3.05) is 13.1 Å². The molecule has 1 aliphatic heterocycles. The van der Waals surface area contributed by atoms with Crippen molar-refractivity contribution >= 4 is 11.6 Å². The Kier molecular flexibility index (Phi) is 3.70. The van der Waals surface area contributed by atoms with Crippen LogP contribution in [0.15, 0.2) is 17.2 Å². The third-order valence-electron chi connectivity index (χ3n) is 3.73. The maximum absolute atomic E-state index is 11.6. The molecule has 2 aromatic heterocycles. The van der Waals surface area contributed by atoms with Crippen molar-refractivity contribution in [1.82, 2.24) is 29.8 Å². The third-order valence-corrected chi connectivity index (χ3v) is 3.73. The van der Waals surface area contributed by atoms with Gasteiger partial charge >= 0.3 is 0 Å². The van der Waals surface area contributed by atoms with Crippen LogP contribution in [0.1, 0.15) is 25.6 Å². The van der Waals surface area contributed by atoms with Crippen molar-refractivity contribution in [2.24, 2.45) is 0 Å². The number of aromatic nitrogens is 4. The standard InChI is InChI=1S/C13H18N6O2/c1-2-11(20)15-9-3-5-18(7-9)8-10-16-17-12-13(21)14-4-6-19(10)12/h4,6,9H,2-3,5,7-8H2,1H3,(H,14,21)(H,15,20). The molecule has 3 heterocycles. The number of carbonyl (C=O) groups excluding carboxylic acids is 1. The molecule has 0 bridgehead atoms. The van der Waals surface area contributed by atoms with Gasteiger partial charge in [0.05, 0.1) is 6.54 Å². The van der Waals surface area contributed by atoms with Crippen LogP contribution in [-0.2, 0) is 11.3 Å². The van der Waals surface area contributed by atoms with Gasteiger partial charge < -0.3 is 10.3 Å². The maximum Gasteiger partial charge on any atom is 0.293 e. The van der Waals surface area contributed by atoms with Crippen LogP contribution in [-0.4, -0.2) is 49.5 Å². The van der Waals surface area contributed by atoms with E-state index in [4.69, 9.17) is 0 Å². The highest BCUT2D eigenvalue weighted by atomic mass is 16.1. The zero-order chi connectivity index (χ0) is 14.8. The number of nitrogens with zero attached hydrogens (tertiary/aromatic N) is 4. The molecule has 1 aliphatic rings. The van der Waals surface area contributed by atoms with E-state index in [0.29, 0.717) is 18.6 Å². The lowest BCUT2D eigenvalue weighted by Crippen LogP contribution is -2.36. The SMILES string of the molecule is CCC(=O)NC1CCN(Cc2nnc3c(=O)[nH]ccn23)C1. The van der Waals surface area contributed by atoms with Gasteiger partial charge in [0, 0.05) is 37.9 Å². The zero-order valence-electron chi connectivity index (χ0n) is 11.9. The highest BCUT2D eigenvalue weighted by molar-refractivity contribution is 5.75. The number of hydrogen-bond acceptors (Lipinski definition) is 5. The predicted octanol–water partition coefficient (Wildman–Crippen LogP) is -0.482. The van der Waals surface area contributed by atoms with Gasteiger partial charge in [0.1, 0.15) is 0 Å². The van der Waals surface area contributed by atoms with Crippen molar-refractivity contribution in [3.8, 4) is 0 Å². The average molecular weight is 290 g/mol. The Morgan fingerprint density at radius 3 is 3.19 bits per heavy atom. The molecule has 0 spiro atoms. The Morgan fingerprint density at radius 2 is 2.38 bits per heavy atom. The predicted molar refractivity (Wildman–Crippen MR) is 75.7 cm³/mol. The molecule has 2 N–H and O–H groups in total. The van der Waals surface area contributed by atoms with Crippen LogP contribution in [0.3, 0.4) is 0 Å². The van der Waals surface area contributed by atoms with E-state index in [2.05, 4.69) is 25.4 Å². The fourth-order valence-corrected chi connectivity index (χ4v) is 2.62. The lowest BCUT2D eigenvalue weighted by Gasteiger charge is -2.15. The van der Waals surface area contributed by atoms with Crippen molar-refractivity contribution in [3.05, 3.63) is 28.6 Å². The van der Waals surface area contributed by atoms with Gasteiger partial charge in [-0.3, -0.25) is 18.9 Å². The number of aromatic amines is 1. The topological polar surface area (TPSA) is 95.4 Å². The number of amides is 1. The highest BCUT2D eigenvalue weighted by Crippen LogP contribution is 2.12. The smallest absolute Gasteiger partial charge is 0.293 e. The summed E-state index contributed by atoms with van der Waals surface area (Å²) < 4.78 is 1.71. The molecule has 0 saturated carbocycles. The molecule has 3 rings (SSSR count). The summed E-state index contributed by atoms with van der Waals surface area (Å²) in [6.45, 7) is 4.15. The lowest BCUT2D eigenvalue weighted by atomic mass is 10.2. The number of H-pyrrole nitrogens is 1. The molecule has 0 radical (unpaired) electrons. The van der Waals surface area contributed by atoms with Gasteiger partial charge in [-0.1, -0.05) is 6.92 Å². The van der Waals surface area contributed by atoms with Gasteiger partial charge in [0.25, 0.3) is 5.56 Å². The molecule has 1 saturated heterocycles. The highest BCUT2D eigenvalue weighted by Gasteiger charge is 2.24. The van der Waals surface area contributed by atoms with E-state index in [1.807, 2.05) is 6.92 Å². The molecule has 1 unspecified atom stereocenters. The lowest BCUT2D eigenvalue weighted by molar-refractivity contribution is -0.121. The Bertz CT molecular complexity index is 706. The summed E-state index contributed by atoms with van der Waals surface area (Å²) in [5.41, 5.74) is 0.0632. The molecule has 1 atom stereocenters. The molecule has 0 aliphatic carbocycles. The quantitative estimate of drug-likeness (QED) is 0.793. The molecule has 1 amide bonds. The van der Waals surface area contributed by atoms with Crippen LogP contribution in [0, 0.1) is 0 Å². The van der Waals surface area contributed by atoms with E-state index < -0.39 is 0 Å². The van der Waals surface area contributed by atoms with Crippen LogP contribution in [0.2, 0.25) is 0 Å². The minimum absolute atomic E-state index is 0.0845. The summed E-state index contributed by atoms with van der Waals surface area (Å²) in [5.74, 6) is 0.819. The molecular formula is C13H18N6O2. The van der Waals surface area contributed by atoms with Crippen molar-refractivity contribution in [1.29, 1.82) is 0 Å².